The van der Waals surface area contributed by atoms with Crippen LogP contribution in [0.2, 0.25) is 0 Å². The summed E-state index contributed by atoms with van der Waals surface area (Å²) in [6.45, 7) is 0. The molecule has 5 aromatic rings. The van der Waals surface area contributed by atoms with Crippen LogP contribution in [-0.4, -0.2) is 53.4 Å². The molecule has 0 radical (unpaired) electrons. The van der Waals surface area contributed by atoms with Gasteiger partial charge in [0, 0.05) is 64.6 Å². The van der Waals surface area contributed by atoms with Gasteiger partial charge in [-0.05, 0) is 36.4 Å². The van der Waals surface area contributed by atoms with E-state index in [0.717, 1.165) is 11.1 Å². The van der Waals surface area contributed by atoms with Crippen molar-refractivity contribution in [2.24, 2.45) is 0 Å². The minimum atomic E-state index is -0.844. The molecule has 0 unspecified atom stereocenters. The number of carbonyl (C=O) groups is 1. The zero-order chi connectivity index (χ0) is 24.8. The molecule has 1 aliphatic heterocycles. The molecule has 0 atom stereocenters. The summed E-state index contributed by atoms with van der Waals surface area (Å²) < 4.78 is 33.1. The van der Waals surface area contributed by atoms with Crippen LogP contribution in [0, 0.1) is 5.82 Å². The van der Waals surface area contributed by atoms with Gasteiger partial charge in [-0.2, -0.15) is 5.10 Å². The van der Waals surface area contributed by atoms with Crippen LogP contribution in [0.3, 0.4) is 0 Å². The number of nitrogens with zero attached hydrogens (tertiary/aromatic N) is 5. The summed E-state index contributed by atoms with van der Waals surface area (Å²) in [6.07, 6.45) is 6.37. The Bertz CT molecular complexity index is 1640. The SMILES string of the molecule is CNC(=O)c1cncc(-c2cc3c(-c4cn(C5CS(=O)C5)nc4-c4ccc(F)cc4)ncnc3o2)c1. The minimum absolute atomic E-state index is 0.0227. The summed E-state index contributed by atoms with van der Waals surface area (Å²) in [5.74, 6) is 0.955. The van der Waals surface area contributed by atoms with Crippen LogP contribution in [0.1, 0.15) is 16.4 Å². The first-order valence-corrected chi connectivity index (χ1v) is 12.6. The predicted molar refractivity (Wildman–Crippen MR) is 132 cm³/mol. The summed E-state index contributed by atoms with van der Waals surface area (Å²) in [5, 5.41) is 8.00. The molecule has 0 aliphatic carbocycles. The number of halogens is 1. The van der Waals surface area contributed by atoms with Crippen LogP contribution in [0.25, 0.3) is 44.9 Å². The first kappa shape index (κ1) is 22.2. The standard InChI is InChI=1S/C25H19FN6O3S/c1-27-24(33)16-6-15(8-28-9-16)21-7-19-23(29-13-30-25(19)35-21)20-10-32(18-11-36(34)12-18)31-22(20)14-2-4-17(26)5-3-14/h2-10,13,18H,11-12H2,1H3,(H,27,33). The summed E-state index contributed by atoms with van der Waals surface area (Å²) in [7, 11) is 0.710. The number of benzene rings is 1. The van der Waals surface area contributed by atoms with Gasteiger partial charge in [-0.1, -0.05) is 0 Å². The molecule has 0 saturated carbocycles. The van der Waals surface area contributed by atoms with Crippen LogP contribution in [0.4, 0.5) is 4.39 Å². The smallest absolute Gasteiger partial charge is 0.252 e. The van der Waals surface area contributed by atoms with Crippen molar-refractivity contribution in [3.8, 4) is 33.8 Å². The Labute approximate surface area is 206 Å². The van der Waals surface area contributed by atoms with Crippen LogP contribution in [0.5, 0.6) is 0 Å². The maximum atomic E-state index is 13.6. The Morgan fingerprint density at radius 2 is 1.92 bits per heavy atom. The molecule has 180 valence electrons. The molecule has 1 saturated heterocycles. The lowest BCUT2D eigenvalue weighted by molar-refractivity contribution is 0.0962. The number of hydrogen-bond acceptors (Lipinski definition) is 7. The maximum absolute atomic E-state index is 13.6. The normalized spacial score (nSPS) is 17.2. The summed E-state index contributed by atoms with van der Waals surface area (Å²) in [4.78, 5) is 25.0. The Morgan fingerprint density at radius 1 is 1.11 bits per heavy atom. The third-order valence-electron chi connectivity index (χ3n) is 6.08. The van der Waals surface area contributed by atoms with Gasteiger partial charge in [-0.15, -0.1) is 0 Å². The molecule has 1 amide bonds. The lowest BCUT2D eigenvalue weighted by atomic mass is 10.0. The lowest BCUT2D eigenvalue weighted by Crippen LogP contribution is -2.33. The van der Waals surface area contributed by atoms with E-state index in [1.807, 2.05) is 6.20 Å². The fourth-order valence-electron chi connectivity index (χ4n) is 4.16. The minimum Gasteiger partial charge on any atom is -0.438 e. The second-order valence-corrected chi connectivity index (χ2v) is 9.94. The van der Waals surface area contributed by atoms with Gasteiger partial charge in [-0.3, -0.25) is 18.7 Å². The number of rotatable bonds is 5. The van der Waals surface area contributed by atoms with Crippen molar-refractivity contribution in [1.82, 2.24) is 30.0 Å². The maximum Gasteiger partial charge on any atom is 0.252 e. The summed E-state index contributed by atoms with van der Waals surface area (Å²) in [6, 6.07) is 9.62. The van der Waals surface area contributed by atoms with E-state index in [4.69, 9.17) is 9.52 Å². The van der Waals surface area contributed by atoms with Gasteiger partial charge in [0.1, 0.15) is 23.6 Å². The highest BCUT2D eigenvalue weighted by atomic mass is 32.2. The van der Waals surface area contributed by atoms with Crippen LogP contribution in [-0.2, 0) is 10.8 Å². The molecule has 9 nitrogen and oxygen atoms in total. The van der Waals surface area contributed by atoms with E-state index in [1.54, 1.807) is 42.2 Å². The van der Waals surface area contributed by atoms with Crippen molar-refractivity contribution in [2.45, 2.75) is 6.04 Å². The number of furan rings is 1. The number of hydrogen-bond donors (Lipinski definition) is 1. The average molecular weight is 503 g/mol. The van der Waals surface area contributed by atoms with E-state index in [-0.39, 0.29) is 17.8 Å². The van der Waals surface area contributed by atoms with Gasteiger partial charge in [0.15, 0.2) is 0 Å². The molecule has 6 rings (SSSR count). The van der Waals surface area contributed by atoms with E-state index >= 15 is 0 Å². The van der Waals surface area contributed by atoms with Crippen molar-refractivity contribution in [2.75, 3.05) is 18.6 Å². The van der Waals surface area contributed by atoms with E-state index in [0.29, 0.717) is 50.9 Å². The number of pyridine rings is 1. The highest BCUT2D eigenvalue weighted by Gasteiger charge is 2.30. The average Bonchev–Trinajstić information content (AvgIpc) is 3.52. The Morgan fingerprint density at radius 3 is 2.67 bits per heavy atom. The number of carbonyl (C=O) groups excluding carboxylic acids is 1. The summed E-state index contributed by atoms with van der Waals surface area (Å²) >= 11 is 0. The van der Waals surface area contributed by atoms with Crippen molar-refractivity contribution >= 4 is 27.8 Å². The highest BCUT2D eigenvalue weighted by molar-refractivity contribution is 7.86. The van der Waals surface area contributed by atoms with E-state index < -0.39 is 10.8 Å². The molecule has 0 bridgehead atoms. The van der Waals surface area contributed by atoms with Gasteiger partial charge in [0.25, 0.3) is 5.91 Å². The fourth-order valence-corrected chi connectivity index (χ4v) is 5.23. The quantitative estimate of drug-likeness (QED) is 0.390. The molecule has 11 heteroatoms. The third kappa shape index (κ3) is 3.87. The third-order valence-corrected chi connectivity index (χ3v) is 7.59. The second-order valence-electron chi connectivity index (χ2n) is 8.40. The van der Waals surface area contributed by atoms with Gasteiger partial charge in [-0.25, -0.2) is 14.4 Å². The van der Waals surface area contributed by atoms with Gasteiger partial charge < -0.3 is 9.73 Å². The van der Waals surface area contributed by atoms with Gasteiger partial charge >= 0.3 is 0 Å². The van der Waals surface area contributed by atoms with Crippen LogP contribution in [0.15, 0.2) is 65.7 Å². The zero-order valence-electron chi connectivity index (χ0n) is 19.0. The van der Waals surface area contributed by atoms with Crippen molar-refractivity contribution in [3.05, 3.63) is 72.7 Å². The first-order chi connectivity index (χ1) is 17.5. The molecule has 0 spiro atoms. The van der Waals surface area contributed by atoms with Crippen molar-refractivity contribution in [1.29, 1.82) is 0 Å². The fraction of sp³-hybridized carbons (Fsp3) is 0.160. The largest absolute Gasteiger partial charge is 0.438 e. The molecular formula is C25H19FN6O3S. The van der Waals surface area contributed by atoms with Crippen LogP contribution >= 0.6 is 0 Å². The molecule has 1 N–H and O–H groups in total. The molecule has 1 aliphatic rings. The van der Waals surface area contributed by atoms with Gasteiger partial charge in [0.05, 0.1) is 22.7 Å². The number of amides is 1. The van der Waals surface area contributed by atoms with Crippen molar-refractivity contribution in [3.63, 3.8) is 0 Å². The predicted octanol–water partition coefficient (Wildman–Crippen LogP) is 3.62. The highest BCUT2D eigenvalue weighted by Crippen LogP contribution is 2.38. The number of nitrogens with one attached hydrogen (secondary N) is 1. The molecule has 36 heavy (non-hydrogen) atoms. The van der Waals surface area contributed by atoms with E-state index in [1.165, 1.54) is 24.7 Å². The lowest BCUT2D eigenvalue weighted by Gasteiger charge is -2.24. The Kier molecular flexibility index (Phi) is 5.41. The number of aromatic nitrogens is 5. The van der Waals surface area contributed by atoms with E-state index in [2.05, 4.69) is 20.3 Å². The summed E-state index contributed by atoms with van der Waals surface area (Å²) in [5.41, 5.74) is 4.05. The topological polar surface area (TPSA) is 116 Å². The van der Waals surface area contributed by atoms with Gasteiger partial charge in [0.2, 0.25) is 5.71 Å². The Hall–Kier alpha value is -4.25. The molecule has 1 fully saturated rings. The van der Waals surface area contributed by atoms with Crippen molar-refractivity contribution < 1.29 is 17.8 Å². The second kappa shape index (κ2) is 8.76. The molecule has 5 heterocycles. The Balaban J connectivity index is 1.49. The zero-order valence-corrected chi connectivity index (χ0v) is 19.8. The number of fused-ring (bicyclic) bond motifs is 1. The molecular weight excluding hydrogens is 483 g/mol. The van der Waals surface area contributed by atoms with Crippen LogP contribution < -0.4 is 5.32 Å². The molecule has 4 aromatic heterocycles. The monoisotopic (exact) mass is 502 g/mol. The van der Waals surface area contributed by atoms with E-state index in [9.17, 15) is 13.4 Å². The molecule has 1 aromatic carbocycles. The first-order valence-electron chi connectivity index (χ1n) is 11.1.